The van der Waals surface area contributed by atoms with Crippen molar-refractivity contribution in [2.45, 2.75) is 18.3 Å². The van der Waals surface area contributed by atoms with Crippen molar-refractivity contribution in [2.75, 3.05) is 10.6 Å². The molecule has 0 aliphatic rings. The molecule has 0 aromatic heterocycles. The Morgan fingerprint density at radius 3 is 1.33 bits per heavy atom. The molecule has 0 bridgehead atoms. The minimum Gasteiger partial charge on any atom is -0.329 e. The maximum atomic E-state index is 13.3. The Hall–Kier alpha value is -4.86. The summed E-state index contributed by atoms with van der Waals surface area (Å²) in [4.78, 5) is 26.0. The van der Waals surface area contributed by atoms with Crippen molar-refractivity contribution in [3.8, 4) is 0 Å². The number of rotatable bonds is 7. The van der Waals surface area contributed by atoms with Crippen LogP contribution in [0.5, 0.6) is 0 Å². The van der Waals surface area contributed by atoms with Crippen LogP contribution in [0.2, 0.25) is 0 Å². The lowest BCUT2D eigenvalue weighted by atomic mass is 9.93. The number of nitrogens with one attached hydrogen (secondary N) is 4. The van der Waals surface area contributed by atoms with E-state index in [4.69, 9.17) is 0 Å². The Balaban J connectivity index is 1.59. The average molecular weight is 537 g/mol. The molecule has 0 radical (unpaired) electrons. The van der Waals surface area contributed by atoms with Crippen LogP contribution in [0.15, 0.2) is 109 Å². The summed E-state index contributed by atoms with van der Waals surface area (Å²) in [7, 11) is 0. The highest BCUT2D eigenvalue weighted by atomic mass is 19.4. The lowest BCUT2D eigenvalue weighted by molar-refractivity contribution is -0.137. The van der Waals surface area contributed by atoms with Crippen LogP contribution in [0.4, 0.5) is 38.5 Å². The highest BCUT2D eigenvalue weighted by Gasteiger charge is 2.31. The van der Waals surface area contributed by atoms with E-state index in [1.54, 1.807) is 60.7 Å². The van der Waals surface area contributed by atoms with E-state index < -0.39 is 41.7 Å². The summed E-state index contributed by atoms with van der Waals surface area (Å²) in [5, 5.41) is 10.9. The third-order valence-corrected chi connectivity index (χ3v) is 5.80. The molecule has 2 atom stereocenters. The van der Waals surface area contributed by atoms with Gasteiger partial charge in [0.2, 0.25) is 0 Å². The number of halogens is 4. The van der Waals surface area contributed by atoms with Gasteiger partial charge < -0.3 is 21.3 Å². The monoisotopic (exact) mass is 536 g/mol. The summed E-state index contributed by atoms with van der Waals surface area (Å²) in [6, 6.07) is 24.3. The maximum absolute atomic E-state index is 13.3. The van der Waals surface area contributed by atoms with Gasteiger partial charge in [0.1, 0.15) is 5.82 Å². The molecule has 39 heavy (non-hydrogen) atoms. The average Bonchev–Trinajstić information content (AvgIpc) is 2.93. The van der Waals surface area contributed by atoms with Gasteiger partial charge in [-0.15, -0.1) is 0 Å². The van der Waals surface area contributed by atoms with Crippen LogP contribution >= 0.6 is 0 Å². The fourth-order valence-electron chi connectivity index (χ4n) is 3.93. The van der Waals surface area contributed by atoms with Crippen molar-refractivity contribution in [3.05, 3.63) is 132 Å². The normalized spacial score (nSPS) is 12.6. The minimum absolute atomic E-state index is 0.158. The Kier molecular flexibility index (Phi) is 8.45. The molecule has 4 amide bonds. The summed E-state index contributed by atoms with van der Waals surface area (Å²) >= 11 is 0. The summed E-state index contributed by atoms with van der Waals surface area (Å²) in [6.45, 7) is 0. The van der Waals surface area contributed by atoms with E-state index in [0.717, 1.165) is 24.3 Å². The second kappa shape index (κ2) is 12.1. The van der Waals surface area contributed by atoms with E-state index in [1.165, 1.54) is 24.3 Å². The van der Waals surface area contributed by atoms with Gasteiger partial charge in [0.15, 0.2) is 0 Å². The summed E-state index contributed by atoms with van der Waals surface area (Å²) in [5.74, 6) is -0.449. The molecule has 4 aromatic rings. The first-order chi connectivity index (χ1) is 18.7. The quantitative estimate of drug-likeness (QED) is 0.187. The fraction of sp³-hybridized carbons (Fsp3) is 0.103. The Morgan fingerprint density at radius 2 is 0.949 bits per heavy atom. The van der Waals surface area contributed by atoms with Gasteiger partial charge in [-0.2, -0.15) is 13.2 Å². The number of amides is 4. The highest BCUT2D eigenvalue weighted by molar-refractivity contribution is 5.91. The number of hydrogen-bond acceptors (Lipinski definition) is 2. The molecule has 0 aliphatic carbocycles. The van der Waals surface area contributed by atoms with Gasteiger partial charge in [-0.25, -0.2) is 14.0 Å². The molecule has 0 unspecified atom stereocenters. The zero-order valence-electron chi connectivity index (χ0n) is 20.4. The van der Waals surface area contributed by atoms with Crippen molar-refractivity contribution < 1.29 is 27.2 Å². The molecular formula is C29H24F4N4O2. The van der Waals surface area contributed by atoms with Crippen molar-refractivity contribution in [2.24, 2.45) is 0 Å². The van der Waals surface area contributed by atoms with Gasteiger partial charge >= 0.3 is 18.2 Å². The molecule has 0 heterocycles. The van der Waals surface area contributed by atoms with E-state index in [0.29, 0.717) is 16.8 Å². The van der Waals surface area contributed by atoms with E-state index >= 15 is 0 Å². The van der Waals surface area contributed by atoms with E-state index in [9.17, 15) is 27.2 Å². The maximum Gasteiger partial charge on any atom is 0.416 e. The standard InChI is InChI=1S/C29H24F4N4O2/c30-22-13-17-24(18-14-22)35-28(39)37-26(20-9-5-2-6-10-20)25(19-7-3-1-4-8-19)36-27(38)34-23-15-11-21(12-16-23)29(31,32)33/h1-18,25-26H,(H2,34,36,38)(H2,35,37,39)/t25-,26-/m0/s1. The summed E-state index contributed by atoms with van der Waals surface area (Å²) in [6.07, 6.45) is -4.50. The second-order valence-corrected chi connectivity index (χ2v) is 8.56. The molecule has 4 N–H and O–H groups in total. The summed E-state index contributed by atoms with van der Waals surface area (Å²) < 4.78 is 52.0. The van der Waals surface area contributed by atoms with Crippen LogP contribution in [0.25, 0.3) is 0 Å². The number of carbonyl (C=O) groups is 2. The lowest BCUT2D eigenvalue weighted by Crippen LogP contribution is -2.43. The first kappa shape index (κ1) is 27.2. The first-order valence-corrected chi connectivity index (χ1v) is 11.9. The van der Waals surface area contributed by atoms with Gasteiger partial charge in [-0.3, -0.25) is 0 Å². The molecular weight excluding hydrogens is 512 g/mol. The SMILES string of the molecule is O=C(Nc1ccc(F)cc1)N[C@@H](c1ccccc1)[C@@H](NC(=O)Nc1ccc(C(F)(F)F)cc1)c1ccccc1. The minimum atomic E-state index is -4.50. The Bertz CT molecular complexity index is 1380. The summed E-state index contributed by atoms with van der Waals surface area (Å²) in [5.41, 5.74) is 1.03. The zero-order valence-corrected chi connectivity index (χ0v) is 20.4. The Labute approximate surface area is 222 Å². The molecule has 0 saturated carbocycles. The van der Waals surface area contributed by atoms with E-state index in [-0.39, 0.29) is 5.69 Å². The second-order valence-electron chi connectivity index (χ2n) is 8.56. The van der Waals surface area contributed by atoms with Crippen LogP contribution in [0.3, 0.4) is 0 Å². The number of anilines is 2. The topological polar surface area (TPSA) is 82.3 Å². The van der Waals surface area contributed by atoms with Crippen LogP contribution in [0, 0.1) is 5.82 Å². The molecule has 0 aliphatic heterocycles. The highest BCUT2D eigenvalue weighted by Crippen LogP contribution is 2.31. The third-order valence-electron chi connectivity index (χ3n) is 5.80. The van der Waals surface area contributed by atoms with Gasteiger partial charge in [-0.1, -0.05) is 60.7 Å². The zero-order chi connectivity index (χ0) is 27.8. The van der Waals surface area contributed by atoms with Crippen molar-refractivity contribution in [1.29, 1.82) is 0 Å². The van der Waals surface area contributed by atoms with Crippen LogP contribution in [0.1, 0.15) is 28.8 Å². The molecule has 0 saturated heterocycles. The van der Waals surface area contributed by atoms with E-state index in [1.807, 2.05) is 0 Å². The molecule has 10 heteroatoms. The van der Waals surface area contributed by atoms with Gasteiger partial charge in [-0.05, 0) is 59.7 Å². The van der Waals surface area contributed by atoms with Crippen LogP contribution in [-0.4, -0.2) is 12.1 Å². The third kappa shape index (κ3) is 7.57. The largest absolute Gasteiger partial charge is 0.416 e. The molecule has 4 rings (SSSR count). The number of hydrogen-bond donors (Lipinski definition) is 4. The van der Waals surface area contributed by atoms with E-state index in [2.05, 4.69) is 21.3 Å². The van der Waals surface area contributed by atoms with Gasteiger partial charge in [0.05, 0.1) is 17.6 Å². The number of alkyl halides is 3. The van der Waals surface area contributed by atoms with Gasteiger partial charge in [0.25, 0.3) is 0 Å². The number of urea groups is 2. The first-order valence-electron chi connectivity index (χ1n) is 11.9. The molecule has 6 nitrogen and oxygen atoms in total. The lowest BCUT2D eigenvalue weighted by Gasteiger charge is -2.30. The number of benzene rings is 4. The van der Waals surface area contributed by atoms with Crippen molar-refractivity contribution in [3.63, 3.8) is 0 Å². The van der Waals surface area contributed by atoms with Crippen LogP contribution in [-0.2, 0) is 6.18 Å². The predicted molar refractivity (Wildman–Crippen MR) is 141 cm³/mol. The molecule has 0 spiro atoms. The van der Waals surface area contributed by atoms with Crippen LogP contribution < -0.4 is 21.3 Å². The number of carbonyl (C=O) groups excluding carboxylic acids is 2. The van der Waals surface area contributed by atoms with Crippen molar-refractivity contribution >= 4 is 23.4 Å². The van der Waals surface area contributed by atoms with Crippen molar-refractivity contribution in [1.82, 2.24) is 10.6 Å². The molecule has 0 fully saturated rings. The Morgan fingerprint density at radius 1 is 0.564 bits per heavy atom. The van der Waals surface area contributed by atoms with Gasteiger partial charge in [0, 0.05) is 11.4 Å². The smallest absolute Gasteiger partial charge is 0.329 e. The predicted octanol–water partition coefficient (Wildman–Crippen LogP) is 7.27. The fourth-order valence-corrected chi connectivity index (χ4v) is 3.93. The molecule has 200 valence electrons. The molecule has 4 aromatic carbocycles.